The van der Waals surface area contributed by atoms with Crippen LogP contribution in [-0.4, -0.2) is 164 Å². The van der Waals surface area contributed by atoms with E-state index >= 15 is 0 Å². The summed E-state index contributed by atoms with van der Waals surface area (Å²) in [4.78, 5) is 13.1. The number of ether oxygens (including phenoxy) is 8. The number of benzene rings is 2. The molecule has 0 unspecified atom stereocenters. The molecule has 0 aliphatic carbocycles. The van der Waals surface area contributed by atoms with Gasteiger partial charge in [0.2, 0.25) is 6.29 Å². The molecule has 10 N–H and O–H groups in total. The average Bonchev–Trinajstić information content (AvgIpc) is 3.56. The van der Waals surface area contributed by atoms with Crippen LogP contribution in [0.25, 0.3) is 0 Å². The van der Waals surface area contributed by atoms with Gasteiger partial charge in [0.15, 0.2) is 36.0 Å². The van der Waals surface area contributed by atoms with Crippen molar-refractivity contribution in [1.82, 2.24) is 0 Å². The number of Topliss-reactive ketones (excluding diaryl/α,β-unsaturated/α-hetero) is 1. The monoisotopic (exact) mass is 728 g/mol. The fourth-order valence-corrected chi connectivity index (χ4v) is 6.21. The fraction of sp³-hybridized carbons (Fsp3) is 0.594. The minimum Gasteiger partial charge on any atom is -0.507 e. The molecule has 0 bridgehead atoms. The SMILES string of the molecule is COc1cc([C@@H]2CC(=O)c3c(O)cc(O[C@@H]4O[C@H](CO)[C@@H](O)[C@H](O)[C@H]4O[C@@H]4OC[C@](O)(CO[C@@H]5OC[C@](O)(CO)[C@H]5O)[C@H]4O)cc3O2)ccc1O. The Hall–Kier alpha value is -3.41. The second-order valence-electron chi connectivity index (χ2n) is 12.8. The van der Waals surface area contributed by atoms with E-state index in [0.717, 1.165) is 6.07 Å². The van der Waals surface area contributed by atoms with Crippen molar-refractivity contribution >= 4 is 5.78 Å². The van der Waals surface area contributed by atoms with Gasteiger partial charge >= 0.3 is 0 Å². The zero-order valence-corrected chi connectivity index (χ0v) is 27.0. The van der Waals surface area contributed by atoms with Crippen LogP contribution in [0.5, 0.6) is 28.7 Å². The normalized spacial score (nSPS) is 37.9. The zero-order valence-electron chi connectivity index (χ0n) is 27.0. The van der Waals surface area contributed by atoms with Gasteiger partial charge in [-0.3, -0.25) is 4.79 Å². The van der Waals surface area contributed by atoms with Gasteiger partial charge in [-0.1, -0.05) is 6.07 Å². The first-order chi connectivity index (χ1) is 24.2. The van der Waals surface area contributed by atoms with Gasteiger partial charge in [0.1, 0.15) is 70.6 Å². The lowest BCUT2D eigenvalue weighted by atomic mass is 9.95. The Morgan fingerprint density at radius 3 is 2.27 bits per heavy atom. The molecule has 0 amide bonds. The third-order valence-electron chi connectivity index (χ3n) is 9.30. The third-order valence-corrected chi connectivity index (χ3v) is 9.30. The molecule has 3 fully saturated rings. The first kappa shape index (κ1) is 37.4. The molecule has 6 rings (SSSR count). The van der Waals surface area contributed by atoms with Crippen LogP contribution in [0.15, 0.2) is 30.3 Å². The maximum absolute atomic E-state index is 13.1. The molecule has 282 valence electrons. The number of ketones is 1. The molecular formula is C32H40O19. The number of aliphatic hydroxyl groups excluding tert-OH is 6. The number of methoxy groups -OCH3 is 1. The predicted octanol–water partition coefficient (Wildman–Crippen LogP) is -3.08. The van der Waals surface area contributed by atoms with E-state index in [1.807, 2.05) is 0 Å². The van der Waals surface area contributed by atoms with E-state index in [-0.39, 0.29) is 35.0 Å². The van der Waals surface area contributed by atoms with Crippen molar-refractivity contribution in [3.8, 4) is 28.7 Å². The number of carbonyl (C=O) groups is 1. The number of phenolic OH excluding ortho intramolecular Hbond substituents is 2. The molecule has 0 saturated carbocycles. The number of phenols is 2. The summed E-state index contributed by atoms with van der Waals surface area (Å²) < 4.78 is 44.5. The molecular weight excluding hydrogens is 688 g/mol. The van der Waals surface area contributed by atoms with Crippen LogP contribution in [0.1, 0.15) is 28.4 Å². The lowest BCUT2D eigenvalue weighted by Gasteiger charge is -2.42. The van der Waals surface area contributed by atoms with E-state index in [0.29, 0.717) is 5.56 Å². The van der Waals surface area contributed by atoms with E-state index in [1.165, 1.54) is 31.4 Å². The van der Waals surface area contributed by atoms with Gasteiger partial charge in [-0.15, -0.1) is 0 Å². The number of rotatable bonds is 11. The number of aromatic hydroxyl groups is 2. The summed E-state index contributed by atoms with van der Waals surface area (Å²) in [5, 5.41) is 104. The second-order valence-corrected chi connectivity index (χ2v) is 12.8. The highest BCUT2D eigenvalue weighted by molar-refractivity contribution is 6.02. The zero-order chi connectivity index (χ0) is 36.8. The number of aliphatic hydroxyl groups is 8. The van der Waals surface area contributed by atoms with Crippen LogP contribution in [0.4, 0.5) is 0 Å². The first-order valence-corrected chi connectivity index (χ1v) is 15.9. The molecule has 19 heteroatoms. The van der Waals surface area contributed by atoms with Gasteiger partial charge in [-0.2, -0.15) is 0 Å². The molecule has 3 saturated heterocycles. The quantitative estimate of drug-likeness (QED) is 0.110. The molecule has 4 aliphatic rings. The highest BCUT2D eigenvalue weighted by atomic mass is 16.8. The number of carbonyl (C=O) groups excluding carboxylic acids is 1. The minimum absolute atomic E-state index is 0.0840. The molecule has 19 nitrogen and oxygen atoms in total. The van der Waals surface area contributed by atoms with Crippen LogP contribution in [0.3, 0.4) is 0 Å². The van der Waals surface area contributed by atoms with Crippen LogP contribution >= 0.6 is 0 Å². The summed E-state index contributed by atoms with van der Waals surface area (Å²) >= 11 is 0. The molecule has 2 aromatic carbocycles. The summed E-state index contributed by atoms with van der Waals surface area (Å²) in [6.45, 7) is -3.36. The molecule has 12 atom stereocenters. The van der Waals surface area contributed by atoms with Crippen molar-refractivity contribution in [3.63, 3.8) is 0 Å². The highest BCUT2D eigenvalue weighted by Crippen LogP contribution is 2.44. The Balaban J connectivity index is 1.18. The van der Waals surface area contributed by atoms with Gasteiger partial charge in [0, 0.05) is 12.1 Å². The number of hydrogen-bond donors (Lipinski definition) is 10. The van der Waals surface area contributed by atoms with Crippen molar-refractivity contribution in [3.05, 3.63) is 41.5 Å². The standard InChI is InChI=1S/C32H40O19/c1-44-19-4-13(2-3-15(19)35)18-7-17(37)22-16(36)5-14(6-20(22)49-18)48-28-25(24(39)23(38)21(8-33)50-28)51-30-27(41)32(43,12-47-30)11-46-29-26(40)31(42,9-34)10-45-29/h2-6,18,21,23-30,33-36,38-43H,7-12H2,1H3/t18-,21+,23+,24-,25+,26-,27-,28+,29-,30-,31+,32+/m0/s1. The average molecular weight is 729 g/mol. The maximum Gasteiger partial charge on any atom is 0.229 e. The molecule has 51 heavy (non-hydrogen) atoms. The summed E-state index contributed by atoms with van der Waals surface area (Å²) in [6, 6.07) is 6.74. The Bertz CT molecular complexity index is 1570. The summed E-state index contributed by atoms with van der Waals surface area (Å²) in [6.07, 6.45) is -16.0. The van der Waals surface area contributed by atoms with E-state index in [1.54, 1.807) is 0 Å². The van der Waals surface area contributed by atoms with Gasteiger partial charge in [-0.05, 0) is 17.7 Å². The van der Waals surface area contributed by atoms with E-state index in [4.69, 9.17) is 37.9 Å². The predicted molar refractivity (Wildman–Crippen MR) is 163 cm³/mol. The number of fused-ring (bicyclic) bond motifs is 1. The summed E-state index contributed by atoms with van der Waals surface area (Å²) in [7, 11) is 1.36. The van der Waals surface area contributed by atoms with E-state index in [2.05, 4.69) is 0 Å². The highest BCUT2D eigenvalue weighted by Gasteiger charge is 2.55. The van der Waals surface area contributed by atoms with Crippen molar-refractivity contribution < 1.29 is 93.8 Å². The van der Waals surface area contributed by atoms with Gasteiger partial charge in [0.25, 0.3) is 0 Å². The second kappa shape index (κ2) is 14.5. The smallest absolute Gasteiger partial charge is 0.229 e. The Kier molecular flexibility index (Phi) is 10.7. The minimum atomic E-state index is -2.18. The Morgan fingerprint density at radius 2 is 1.59 bits per heavy atom. The molecule has 0 radical (unpaired) electrons. The van der Waals surface area contributed by atoms with Crippen LogP contribution in [-0.2, 0) is 23.7 Å². The van der Waals surface area contributed by atoms with Crippen LogP contribution in [0.2, 0.25) is 0 Å². The third kappa shape index (κ3) is 7.05. The van der Waals surface area contributed by atoms with Crippen molar-refractivity contribution in [2.75, 3.05) is 40.1 Å². The molecule has 0 aromatic heterocycles. The lowest BCUT2D eigenvalue weighted by Crippen LogP contribution is -2.62. The van der Waals surface area contributed by atoms with E-state index < -0.39 is 117 Å². The molecule has 4 heterocycles. The van der Waals surface area contributed by atoms with Crippen molar-refractivity contribution in [2.24, 2.45) is 0 Å². The van der Waals surface area contributed by atoms with Crippen molar-refractivity contribution in [1.29, 1.82) is 0 Å². The largest absolute Gasteiger partial charge is 0.507 e. The van der Waals surface area contributed by atoms with Gasteiger partial charge < -0.3 is 89.0 Å². The molecule has 2 aromatic rings. The van der Waals surface area contributed by atoms with Crippen LogP contribution < -0.4 is 14.2 Å². The first-order valence-electron chi connectivity index (χ1n) is 15.9. The van der Waals surface area contributed by atoms with Gasteiger partial charge in [0.05, 0.1) is 46.6 Å². The van der Waals surface area contributed by atoms with E-state index in [9.17, 15) is 55.9 Å². The fourth-order valence-electron chi connectivity index (χ4n) is 6.21. The van der Waals surface area contributed by atoms with Crippen LogP contribution in [0, 0.1) is 0 Å². The number of hydrogen-bond acceptors (Lipinski definition) is 19. The van der Waals surface area contributed by atoms with Gasteiger partial charge in [-0.25, -0.2) is 0 Å². The summed E-state index contributed by atoms with van der Waals surface area (Å²) in [5.41, 5.74) is -3.82. The molecule has 4 aliphatic heterocycles. The maximum atomic E-state index is 13.1. The Morgan fingerprint density at radius 1 is 0.882 bits per heavy atom. The molecule has 0 spiro atoms. The lowest BCUT2D eigenvalue weighted by molar-refractivity contribution is -0.319. The topological polar surface area (TPSA) is 293 Å². The van der Waals surface area contributed by atoms with Crippen molar-refractivity contribution in [2.45, 2.75) is 79.2 Å². The Labute approximate surface area is 289 Å². The summed E-state index contributed by atoms with van der Waals surface area (Å²) in [5.74, 6) is -1.21.